The first kappa shape index (κ1) is 17.5. The summed E-state index contributed by atoms with van der Waals surface area (Å²) in [5, 5.41) is 5.18. The minimum atomic E-state index is -0.407. The number of hydrogen-bond acceptors (Lipinski definition) is 3. The van der Waals surface area contributed by atoms with Gasteiger partial charge in [-0.1, -0.05) is 21.9 Å². The summed E-state index contributed by atoms with van der Waals surface area (Å²) < 4.78 is 2.06. The van der Waals surface area contributed by atoms with Crippen LogP contribution in [0.4, 0.5) is 5.69 Å². The van der Waals surface area contributed by atoms with Crippen molar-refractivity contribution < 1.29 is 9.59 Å². The van der Waals surface area contributed by atoms with Gasteiger partial charge in [-0.25, -0.2) is 0 Å². The number of benzene rings is 1. The molecule has 0 radical (unpaired) electrons. The molecule has 122 valence electrons. The van der Waals surface area contributed by atoms with Crippen molar-refractivity contribution in [3.05, 3.63) is 63.0 Å². The maximum absolute atomic E-state index is 12.1. The van der Waals surface area contributed by atoms with Gasteiger partial charge in [-0.3, -0.25) is 14.4 Å². The van der Waals surface area contributed by atoms with Gasteiger partial charge < -0.3 is 15.2 Å². The first-order valence-corrected chi connectivity index (χ1v) is 7.76. The number of nitrogens with one attached hydrogen (secondary N) is 2. The number of aromatic nitrogens is 1. The first-order valence-electron chi connectivity index (χ1n) is 6.97. The Bertz CT molecular complexity index is 851. The Balaban J connectivity index is 2.09. The molecule has 1 aromatic carbocycles. The van der Waals surface area contributed by atoms with Crippen molar-refractivity contribution in [1.82, 2.24) is 9.88 Å². The molecule has 0 bridgehead atoms. The Labute approximate surface area is 147 Å². The number of carbonyl (C=O) groups is 2. The molecule has 2 amide bonds. The maximum atomic E-state index is 12.1. The highest BCUT2D eigenvalue weighted by Crippen LogP contribution is 2.14. The number of halogens is 1. The average Bonchev–Trinajstić information content (AvgIpc) is 2.56. The van der Waals surface area contributed by atoms with Crippen LogP contribution in [0.5, 0.6) is 0 Å². The standard InChI is InChI=1S/C17H14BrN3O3/c1-2-9-19-17(24)12-3-8-16(23)21(10-12)11-15(22)20-14-6-4-13(18)5-7-14/h1,3-8,10H,9,11H2,(H,19,24)(H,20,22). The Morgan fingerprint density at radius 3 is 2.54 bits per heavy atom. The number of anilines is 1. The number of nitrogens with zero attached hydrogens (tertiary/aromatic N) is 1. The lowest BCUT2D eigenvalue weighted by molar-refractivity contribution is -0.116. The first-order chi connectivity index (χ1) is 11.5. The largest absolute Gasteiger partial charge is 0.341 e. The second kappa shape index (κ2) is 8.13. The zero-order valence-electron chi connectivity index (χ0n) is 12.6. The van der Waals surface area contributed by atoms with Crippen molar-refractivity contribution in [2.45, 2.75) is 6.54 Å². The van der Waals surface area contributed by atoms with Crippen LogP contribution in [0.3, 0.4) is 0 Å². The number of rotatable bonds is 5. The molecule has 0 unspecified atom stereocenters. The van der Waals surface area contributed by atoms with Gasteiger partial charge in [-0.05, 0) is 30.3 Å². The van der Waals surface area contributed by atoms with Gasteiger partial charge in [0, 0.05) is 22.4 Å². The topological polar surface area (TPSA) is 80.2 Å². The lowest BCUT2D eigenvalue weighted by atomic mass is 10.2. The van der Waals surface area contributed by atoms with Crippen LogP contribution >= 0.6 is 15.9 Å². The molecule has 1 aromatic heterocycles. The van der Waals surface area contributed by atoms with Crippen LogP contribution in [-0.4, -0.2) is 22.9 Å². The lowest BCUT2D eigenvalue weighted by Gasteiger charge is -2.09. The molecule has 0 aliphatic heterocycles. The van der Waals surface area contributed by atoms with Gasteiger partial charge in [0.25, 0.3) is 11.5 Å². The van der Waals surface area contributed by atoms with Crippen LogP contribution in [0.1, 0.15) is 10.4 Å². The number of hydrogen-bond donors (Lipinski definition) is 2. The van der Waals surface area contributed by atoms with Crippen LogP contribution in [-0.2, 0) is 11.3 Å². The van der Waals surface area contributed by atoms with E-state index in [1.165, 1.54) is 22.9 Å². The van der Waals surface area contributed by atoms with E-state index in [0.717, 1.165) is 4.47 Å². The smallest absolute Gasteiger partial charge is 0.253 e. The average molecular weight is 388 g/mol. The van der Waals surface area contributed by atoms with Gasteiger partial charge in [0.15, 0.2) is 0 Å². The number of terminal acetylenes is 1. The van der Waals surface area contributed by atoms with Crippen LogP contribution in [0, 0.1) is 12.3 Å². The van der Waals surface area contributed by atoms with E-state index >= 15 is 0 Å². The van der Waals surface area contributed by atoms with Gasteiger partial charge in [0.2, 0.25) is 5.91 Å². The Morgan fingerprint density at radius 1 is 1.17 bits per heavy atom. The minimum Gasteiger partial charge on any atom is -0.341 e. The van der Waals surface area contributed by atoms with E-state index in [4.69, 9.17) is 6.42 Å². The Kier molecular flexibility index (Phi) is 5.93. The van der Waals surface area contributed by atoms with Crippen molar-refractivity contribution >= 4 is 33.4 Å². The maximum Gasteiger partial charge on any atom is 0.253 e. The van der Waals surface area contributed by atoms with Crippen molar-refractivity contribution in [2.75, 3.05) is 11.9 Å². The summed E-state index contributed by atoms with van der Waals surface area (Å²) in [5.74, 6) is 1.51. The molecule has 7 heteroatoms. The molecule has 0 aliphatic carbocycles. The predicted octanol–water partition coefficient (Wildman–Crippen LogP) is 1.61. The summed E-state index contributed by atoms with van der Waals surface area (Å²) in [6.07, 6.45) is 6.41. The highest BCUT2D eigenvalue weighted by Gasteiger charge is 2.09. The molecule has 6 nitrogen and oxygen atoms in total. The van der Waals surface area contributed by atoms with Gasteiger partial charge in [-0.15, -0.1) is 6.42 Å². The number of carbonyl (C=O) groups excluding carboxylic acids is 2. The molecule has 0 atom stereocenters. The summed E-state index contributed by atoms with van der Waals surface area (Å²) >= 11 is 3.31. The van der Waals surface area contributed by atoms with Gasteiger partial charge in [0.1, 0.15) is 6.54 Å². The molecule has 2 N–H and O–H groups in total. The van der Waals surface area contributed by atoms with E-state index in [1.807, 2.05) is 0 Å². The molecular formula is C17H14BrN3O3. The molecule has 0 aliphatic rings. The molecule has 0 spiro atoms. The fraction of sp³-hybridized carbons (Fsp3) is 0.118. The van der Waals surface area contributed by atoms with E-state index in [0.29, 0.717) is 5.69 Å². The van der Waals surface area contributed by atoms with E-state index < -0.39 is 5.91 Å². The summed E-state index contributed by atoms with van der Waals surface area (Å²) in [6, 6.07) is 9.66. The van der Waals surface area contributed by atoms with Crippen molar-refractivity contribution in [2.24, 2.45) is 0 Å². The number of amides is 2. The van der Waals surface area contributed by atoms with E-state index in [2.05, 4.69) is 32.5 Å². The lowest BCUT2D eigenvalue weighted by Crippen LogP contribution is -2.30. The summed E-state index contributed by atoms with van der Waals surface area (Å²) in [7, 11) is 0. The second-order valence-electron chi connectivity index (χ2n) is 4.83. The van der Waals surface area contributed by atoms with Crippen molar-refractivity contribution in [3.8, 4) is 12.3 Å². The molecule has 0 fully saturated rings. The molecular weight excluding hydrogens is 374 g/mol. The monoisotopic (exact) mass is 387 g/mol. The summed E-state index contributed by atoms with van der Waals surface area (Å²) in [6.45, 7) is -0.118. The fourth-order valence-corrected chi connectivity index (χ4v) is 2.18. The SMILES string of the molecule is C#CCNC(=O)c1ccc(=O)n(CC(=O)Nc2ccc(Br)cc2)c1. The van der Waals surface area contributed by atoms with E-state index in [1.54, 1.807) is 24.3 Å². The second-order valence-corrected chi connectivity index (χ2v) is 5.74. The zero-order chi connectivity index (χ0) is 17.5. The van der Waals surface area contributed by atoms with Gasteiger partial charge in [-0.2, -0.15) is 0 Å². The van der Waals surface area contributed by atoms with Crippen molar-refractivity contribution in [3.63, 3.8) is 0 Å². The van der Waals surface area contributed by atoms with Crippen LogP contribution in [0.15, 0.2) is 51.9 Å². The Hall–Kier alpha value is -2.85. The molecule has 24 heavy (non-hydrogen) atoms. The molecule has 0 saturated carbocycles. The third kappa shape index (κ3) is 4.83. The molecule has 1 heterocycles. The normalized spacial score (nSPS) is 9.83. The van der Waals surface area contributed by atoms with Crippen molar-refractivity contribution in [1.29, 1.82) is 0 Å². The third-order valence-corrected chi connectivity index (χ3v) is 3.57. The highest BCUT2D eigenvalue weighted by atomic mass is 79.9. The molecule has 2 aromatic rings. The highest BCUT2D eigenvalue weighted by molar-refractivity contribution is 9.10. The van der Waals surface area contributed by atoms with E-state index in [9.17, 15) is 14.4 Å². The molecule has 2 rings (SSSR count). The fourth-order valence-electron chi connectivity index (χ4n) is 1.91. The van der Waals surface area contributed by atoms with Crippen LogP contribution < -0.4 is 16.2 Å². The number of pyridine rings is 1. The quantitative estimate of drug-likeness (QED) is 0.764. The third-order valence-electron chi connectivity index (χ3n) is 3.04. The van der Waals surface area contributed by atoms with Crippen LogP contribution in [0.2, 0.25) is 0 Å². The van der Waals surface area contributed by atoms with E-state index in [-0.39, 0.29) is 30.1 Å². The summed E-state index contributed by atoms with van der Waals surface area (Å²) in [5.41, 5.74) is 0.481. The van der Waals surface area contributed by atoms with Crippen LogP contribution in [0.25, 0.3) is 0 Å². The van der Waals surface area contributed by atoms with Gasteiger partial charge >= 0.3 is 0 Å². The zero-order valence-corrected chi connectivity index (χ0v) is 14.2. The Morgan fingerprint density at radius 2 is 1.88 bits per heavy atom. The molecule has 0 saturated heterocycles. The minimum absolute atomic E-state index is 0.0853. The summed E-state index contributed by atoms with van der Waals surface area (Å²) in [4.78, 5) is 35.8. The predicted molar refractivity (Wildman–Crippen MR) is 94.6 cm³/mol. The van der Waals surface area contributed by atoms with Gasteiger partial charge in [0.05, 0.1) is 12.1 Å².